The Labute approximate surface area is 441 Å². The maximum absolute atomic E-state index is 12.5. The molecule has 10 aromatic rings. The van der Waals surface area contributed by atoms with Gasteiger partial charge in [-0.25, -0.2) is 0 Å². The first-order valence-corrected chi connectivity index (χ1v) is 29.8. The fourth-order valence-electron chi connectivity index (χ4n) is 9.75. The molecule has 8 heteroatoms. The highest BCUT2D eigenvalue weighted by Crippen LogP contribution is 2.50. The molecule has 0 aliphatic heterocycles. The fraction of sp³-hybridized carbons (Fsp3) is 0.138. The Hall–Kier alpha value is -6.52. The molecular formula is C65H60N2O2P2S2. The molecular weight excluding hydrogens is 967 g/mol. The van der Waals surface area contributed by atoms with Crippen molar-refractivity contribution >= 4 is 93.5 Å². The van der Waals surface area contributed by atoms with E-state index in [1.54, 1.807) is 0 Å². The molecule has 3 atom stereocenters. The summed E-state index contributed by atoms with van der Waals surface area (Å²) in [4.78, 5) is 2.45. The highest BCUT2D eigenvalue weighted by Gasteiger charge is 2.27. The summed E-state index contributed by atoms with van der Waals surface area (Å²) >= 11 is 3.82. The molecule has 0 radical (unpaired) electrons. The van der Waals surface area contributed by atoms with Crippen LogP contribution in [0.2, 0.25) is 0 Å². The van der Waals surface area contributed by atoms with Crippen LogP contribution in [0.25, 0.3) is 32.7 Å². The van der Waals surface area contributed by atoms with Crippen LogP contribution in [0.3, 0.4) is 0 Å². The van der Waals surface area contributed by atoms with Crippen molar-refractivity contribution in [2.75, 3.05) is 22.5 Å². The van der Waals surface area contributed by atoms with E-state index in [4.69, 9.17) is 0 Å². The van der Waals surface area contributed by atoms with Gasteiger partial charge in [-0.15, -0.1) is 23.5 Å². The van der Waals surface area contributed by atoms with Crippen molar-refractivity contribution in [2.45, 2.75) is 54.1 Å². The second kappa shape index (κ2) is 23.6. The van der Waals surface area contributed by atoms with Gasteiger partial charge in [-0.2, -0.15) is 0 Å². The summed E-state index contributed by atoms with van der Waals surface area (Å²) < 4.78 is 0. The van der Waals surface area contributed by atoms with E-state index in [1.807, 2.05) is 59.9 Å². The standard InChI is InChI=1S/C65H60N2O2P2S2/c1-45(67-52-34-38-58(39-35-52)73-47(3)46(2)71(55-26-12-6-13-27-55)56-28-14-7-15-29-56)61-43-49-21-17-19-31-60(49)63(65(61)69)62-59-30-18-16-20-48(59)42-50(64(62)68)44-66-51-32-36-57(37-33-51)72-41-40-70(53-22-8-4-9-23-53)54-24-10-5-11-25-54/h4-39,42-43,45-47,66-69H,40-41,44H2,1-3H3. The summed E-state index contributed by atoms with van der Waals surface area (Å²) in [6, 6.07) is 81.2. The summed E-state index contributed by atoms with van der Waals surface area (Å²) in [5.74, 6) is 1.33. The number of phenols is 2. The topological polar surface area (TPSA) is 64.5 Å². The van der Waals surface area contributed by atoms with Crippen molar-refractivity contribution in [3.8, 4) is 22.6 Å². The van der Waals surface area contributed by atoms with Gasteiger partial charge in [0.05, 0.1) is 6.04 Å². The highest BCUT2D eigenvalue weighted by atomic mass is 32.2. The molecule has 0 aliphatic rings. The second-order valence-corrected chi connectivity index (χ2v) is 26.0. The van der Waals surface area contributed by atoms with E-state index in [9.17, 15) is 10.2 Å². The van der Waals surface area contributed by atoms with E-state index < -0.39 is 15.8 Å². The maximum atomic E-state index is 12.5. The predicted octanol–water partition coefficient (Wildman–Crippen LogP) is 16.1. The van der Waals surface area contributed by atoms with Gasteiger partial charge in [0, 0.05) is 61.0 Å². The lowest BCUT2D eigenvalue weighted by Crippen LogP contribution is -2.26. The molecule has 0 fully saturated rings. The van der Waals surface area contributed by atoms with Gasteiger partial charge in [-0.05, 0) is 138 Å². The van der Waals surface area contributed by atoms with Crippen molar-refractivity contribution < 1.29 is 10.2 Å². The van der Waals surface area contributed by atoms with E-state index in [0.29, 0.717) is 28.6 Å². The highest BCUT2D eigenvalue weighted by molar-refractivity contribution is 8.00. The van der Waals surface area contributed by atoms with Gasteiger partial charge >= 0.3 is 0 Å². The van der Waals surface area contributed by atoms with Crippen molar-refractivity contribution in [3.05, 3.63) is 242 Å². The number of hydrogen-bond acceptors (Lipinski definition) is 6. The monoisotopic (exact) mass is 1030 g/mol. The van der Waals surface area contributed by atoms with Crippen molar-refractivity contribution in [2.24, 2.45) is 0 Å². The van der Waals surface area contributed by atoms with Crippen LogP contribution < -0.4 is 31.9 Å². The summed E-state index contributed by atoms with van der Waals surface area (Å²) in [5, 5.41) is 42.0. The Morgan fingerprint density at radius 2 is 0.945 bits per heavy atom. The first-order valence-electron chi connectivity index (χ1n) is 25.0. The number of anilines is 2. The molecule has 4 nitrogen and oxygen atoms in total. The third-order valence-corrected chi connectivity index (χ3v) is 22.0. The molecule has 73 heavy (non-hydrogen) atoms. The Morgan fingerprint density at radius 1 is 0.479 bits per heavy atom. The van der Waals surface area contributed by atoms with Gasteiger partial charge in [0.2, 0.25) is 0 Å². The minimum Gasteiger partial charge on any atom is -0.507 e. The third-order valence-electron chi connectivity index (χ3n) is 13.6. The molecule has 10 aromatic carbocycles. The average molecular weight is 1030 g/mol. The third kappa shape index (κ3) is 11.7. The molecule has 3 unspecified atom stereocenters. The van der Waals surface area contributed by atoms with Gasteiger partial charge < -0.3 is 20.8 Å². The normalized spacial score (nSPS) is 12.8. The van der Waals surface area contributed by atoms with Gasteiger partial charge in [-0.3, -0.25) is 0 Å². The summed E-state index contributed by atoms with van der Waals surface area (Å²) in [7, 11) is -0.986. The molecule has 10 rings (SSSR count). The first kappa shape index (κ1) is 50.0. The SMILES string of the molecule is CC(Nc1ccc(SC(C)C(C)P(c2ccccc2)c2ccccc2)cc1)c1cc2ccccc2c(-c2c(O)c(CNc3ccc(SCCP(c4ccccc4)c4ccccc4)cc3)cc3ccccc23)c1O. The van der Waals surface area contributed by atoms with Crippen LogP contribution in [-0.4, -0.2) is 33.0 Å². The zero-order valence-electron chi connectivity index (χ0n) is 41.4. The van der Waals surface area contributed by atoms with Crippen LogP contribution in [0.5, 0.6) is 11.5 Å². The average Bonchev–Trinajstić information content (AvgIpc) is 3.44. The van der Waals surface area contributed by atoms with Crippen molar-refractivity contribution in [3.63, 3.8) is 0 Å². The second-order valence-electron chi connectivity index (χ2n) is 18.4. The predicted molar refractivity (Wildman–Crippen MR) is 321 cm³/mol. The lowest BCUT2D eigenvalue weighted by molar-refractivity contribution is 0.462. The molecule has 0 aromatic heterocycles. The number of nitrogens with one attached hydrogen (secondary N) is 2. The molecule has 0 spiro atoms. The van der Waals surface area contributed by atoms with Crippen LogP contribution in [-0.2, 0) is 6.54 Å². The fourth-order valence-corrected chi connectivity index (χ4v) is 17.4. The van der Waals surface area contributed by atoms with Crippen LogP contribution in [0.1, 0.15) is 37.9 Å². The van der Waals surface area contributed by atoms with Crippen LogP contribution in [0, 0.1) is 0 Å². The van der Waals surface area contributed by atoms with Gasteiger partial charge in [-0.1, -0.05) is 184 Å². The Balaban J connectivity index is 0.854. The lowest BCUT2D eigenvalue weighted by Gasteiger charge is -2.30. The van der Waals surface area contributed by atoms with E-state index in [2.05, 4.69) is 226 Å². The van der Waals surface area contributed by atoms with Gasteiger partial charge in [0.15, 0.2) is 0 Å². The minimum atomic E-state index is -0.544. The lowest BCUT2D eigenvalue weighted by atomic mass is 9.87. The molecule has 0 aliphatic carbocycles. The largest absolute Gasteiger partial charge is 0.507 e. The summed E-state index contributed by atoms with van der Waals surface area (Å²) in [6.45, 7) is 7.24. The van der Waals surface area contributed by atoms with E-state index in [-0.39, 0.29) is 17.5 Å². The van der Waals surface area contributed by atoms with Crippen molar-refractivity contribution in [1.82, 2.24) is 0 Å². The smallest absolute Gasteiger partial charge is 0.129 e. The summed E-state index contributed by atoms with van der Waals surface area (Å²) in [5.41, 5.74) is 5.15. The Morgan fingerprint density at radius 3 is 1.51 bits per heavy atom. The molecule has 0 bridgehead atoms. The van der Waals surface area contributed by atoms with E-state index in [0.717, 1.165) is 56.0 Å². The Bertz CT molecular complexity index is 3320. The number of rotatable bonds is 19. The van der Waals surface area contributed by atoms with E-state index >= 15 is 0 Å². The number of phenolic OH excluding ortho intramolecular Hbond substituents is 2. The quantitative estimate of drug-likeness (QED) is 0.0478. The van der Waals surface area contributed by atoms with Crippen LogP contribution >= 0.6 is 39.4 Å². The molecule has 0 heterocycles. The number of fused-ring (bicyclic) bond motifs is 2. The zero-order valence-corrected chi connectivity index (χ0v) is 44.8. The molecule has 4 N–H and O–H groups in total. The van der Waals surface area contributed by atoms with Gasteiger partial charge in [0.1, 0.15) is 11.5 Å². The number of hydrogen-bond donors (Lipinski definition) is 4. The molecule has 0 saturated heterocycles. The number of aromatic hydroxyl groups is 2. The van der Waals surface area contributed by atoms with Crippen molar-refractivity contribution in [1.29, 1.82) is 0 Å². The maximum Gasteiger partial charge on any atom is 0.129 e. The summed E-state index contributed by atoms with van der Waals surface area (Å²) in [6.07, 6.45) is 1.10. The Kier molecular flexibility index (Phi) is 16.2. The molecule has 364 valence electrons. The molecule has 0 saturated carbocycles. The van der Waals surface area contributed by atoms with Gasteiger partial charge in [0.25, 0.3) is 0 Å². The first-order chi connectivity index (χ1) is 35.8. The van der Waals surface area contributed by atoms with E-state index in [1.165, 1.54) is 31.0 Å². The number of benzene rings is 10. The molecule has 0 amide bonds. The van der Waals surface area contributed by atoms with Crippen LogP contribution in [0.4, 0.5) is 11.4 Å². The number of thioether (sulfide) groups is 2. The zero-order chi connectivity index (χ0) is 50.1. The minimum absolute atomic E-state index is 0.153. The van der Waals surface area contributed by atoms with Crippen LogP contribution in [0.15, 0.2) is 240 Å².